The van der Waals surface area contributed by atoms with Crippen molar-refractivity contribution in [3.63, 3.8) is 0 Å². The van der Waals surface area contributed by atoms with Crippen LogP contribution >= 0.6 is 0 Å². The lowest BCUT2D eigenvalue weighted by molar-refractivity contribution is 0.635. The summed E-state index contributed by atoms with van der Waals surface area (Å²) in [6.45, 7) is 2.59. The van der Waals surface area contributed by atoms with Crippen LogP contribution in [0.15, 0.2) is 11.8 Å². The van der Waals surface area contributed by atoms with E-state index in [1.165, 1.54) is 6.21 Å². The Balaban J connectivity index is 3.48. The Morgan fingerprint density at radius 1 is 1.58 bits per heavy atom. The molecular weight excluding hydrogens is 150 g/mol. The van der Waals surface area contributed by atoms with Gasteiger partial charge in [-0.3, -0.25) is 0 Å². The average Bonchev–Trinajstić information content (AvgIpc) is 2.12. The number of hydrogen-bond acceptors (Lipinski definition) is 3. The number of rotatable bonds is 6. The lowest BCUT2D eigenvalue weighted by atomic mass is 10.0. The van der Waals surface area contributed by atoms with Gasteiger partial charge in [0.1, 0.15) is 0 Å². The van der Waals surface area contributed by atoms with E-state index in [0.29, 0.717) is 12.5 Å². The Morgan fingerprint density at radius 3 is 2.67 bits per heavy atom. The molecule has 0 heterocycles. The molecule has 0 amide bonds. The molecule has 0 aromatic heterocycles. The van der Waals surface area contributed by atoms with Crippen molar-refractivity contribution in [2.45, 2.75) is 26.2 Å². The van der Waals surface area contributed by atoms with Gasteiger partial charge in [0.05, 0.1) is 0 Å². The molecule has 0 unspecified atom stereocenters. The molecule has 5 N–H and O–H groups in total. The molecule has 70 valence electrons. The lowest BCUT2D eigenvalue weighted by Crippen LogP contribution is -2.06. The van der Waals surface area contributed by atoms with Crippen LogP contribution in [-0.2, 0) is 0 Å². The first-order valence-electron chi connectivity index (χ1n) is 4.34. The van der Waals surface area contributed by atoms with E-state index >= 15 is 0 Å². The summed E-state index contributed by atoms with van der Waals surface area (Å²) in [4.78, 5) is 0. The van der Waals surface area contributed by atoms with Gasteiger partial charge in [-0.25, -0.2) is 0 Å². The molecule has 0 saturated heterocycles. The van der Waals surface area contributed by atoms with Crippen LogP contribution in [0.25, 0.3) is 0 Å². The fourth-order valence-corrected chi connectivity index (χ4v) is 0.988. The van der Waals surface area contributed by atoms with Crippen LogP contribution in [-0.4, -0.2) is 12.8 Å². The molecule has 12 heavy (non-hydrogen) atoms. The normalized spacial score (nSPS) is 14.3. The van der Waals surface area contributed by atoms with E-state index in [1.54, 1.807) is 6.20 Å². The van der Waals surface area contributed by atoms with Gasteiger partial charge in [0.25, 0.3) is 0 Å². The van der Waals surface area contributed by atoms with Gasteiger partial charge in [0.2, 0.25) is 0 Å². The molecular formula is C9H19N3. The fraction of sp³-hybridized carbons (Fsp3) is 0.667. The van der Waals surface area contributed by atoms with Crippen LogP contribution in [0.2, 0.25) is 0 Å². The molecule has 0 rings (SSSR count). The lowest BCUT2D eigenvalue weighted by Gasteiger charge is -2.05. The first kappa shape index (κ1) is 11.2. The van der Waals surface area contributed by atoms with Gasteiger partial charge in [-0.05, 0) is 43.2 Å². The van der Waals surface area contributed by atoms with Gasteiger partial charge in [0.15, 0.2) is 0 Å². The first-order chi connectivity index (χ1) is 5.74. The predicted molar refractivity (Wildman–Crippen MR) is 53.1 cm³/mol. The molecule has 0 saturated carbocycles. The van der Waals surface area contributed by atoms with E-state index in [9.17, 15) is 0 Å². The van der Waals surface area contributed by atoms with Crippen molar-refractivity contribution in [2.24, 2.45) is 17.4 Å². The van der Waals surface area contributed by atoms with Crippen LogP contribution in [0.4, 0.5) is 0 Å². The quantitative estimate of drug-likeness (QED) is 0.523. The van der Waals surface area contributed by atoms with Gasteiger partial charge in [0, 0.05) is 6.54 Å². The number of nitrogens with two attached hydrogens (primary N) is 2. The molecule has 0 aromatic carbocycles. The maximum Gasteiger partial charge on any atom is 0.0154 e. The molecule has 0 aliphatic rings. The highest BCUT2D eigenvalue weighted by Crippen LogP contribution is 2.09. The molecule has 3 heteroatoms. The zero-order valence-electron chi connectivity index (χ0n) is 7.72. The standard InChI is InChI=1S/C9H19N3/c1-8(5-10)3-2-4-9(6-11)7-12/h5-6,8,10H,2-4,7,11-12H2,1H3/b9-6-,10-5?/t8-/m1/s1. The SMILES string of the molecule is C[C@@H](C=N)CCC/C(=C/N)CN. The summed E-state index contributed by atoms with van der Waals surface area (Å²) in [5, 5.41) is 7.00. The second-order valence-corrected chi connectivity index (χ2v) is 3.07. The molecule has 0 fully saturated rings. The van der Waals surface area contributed by atoms with Crippen LogP contribution in [0.1, 0.15) is 26.2 Å². The average molecular weight is 169 g/mol. The van der Waals surface area contributed by atoms with E-state index in [0.717, 1.165) is 24.8 Å². The summed E-state index contributed by atoms with van der Waals surface area (Å²) in [5.41, 5.74) is 11.9. The fourth-order valence-electron chi connectivity index (χ4n) is 0.988. The third-order valence-electron chi connectivity index (χ3n) is 1.94. The highest BCUT2D eigenvalue weighted by Gasteiger charge is 1.98. The first-order valence-corrected chi connectivity index (χ1v) is 4.34. The summed E-state index contributed by atoms with van der Waals surface area (Å²) in [6.07, 6.45) is 6.14. The largest absolute Gasteiger partial charge is 0.405 e. The molecule has 0 bridgehead atoms. The number of hydrogen-bond donors (Lipinski definition) is 3. The summed E-state index contributed by atoms with van der Waals surface area (Å²) >= 11 is 0. The van der Waals surface area contributed by atoms with Gasteiger partial charge in [-0.1, -0.05) is 6.92 Å². The van der Waals surface area contributed by atoms with Crippen LogP contribution in [0, 0.1) is 11.3 Å². The Hall–Kier alpha value is -0.830. The zero-order chi connectivity index (χ0) is 9.40. The van der Waals surface area contributed by atoms with Crippen molar-refractivity contribution >= 4 is 6.21 Å². The molecule has 1 atom stereocenters. The second-order valence-electron chi connectivity index (χ2n) is 3.07. The molecule has 3 nitrogen and oxygen atoms in total. The maximum atomic E-state index is 7.00. The summed E-state index contributed by atoms with van der Waals surface area (Å²) in [7, 11) is 0. The maximum absolute atomic E-state index is 7.00. The number of nitrogens with one attached hydrogen (secondary N) is 1. The van der Waals surface area contributed by atoms with Gasteiger partial charge < -0.3 is 16.9 Å². The molecule has 0 aromatic rings. The Labute approximate surface area is 74.3 Å². The van der Waals surface area contributed by atoms with Crippen molar-refractivity contribution in [3.8, 4) is 0 Å². The molecule has 0 aliphatic carbocycles. The molecule has 0 aliphatic heterocycles. The highest BCUT2D eigenvalue weighted by atomic mass is 14.6. The van der Waals surface area contributed by atoms with Crippen molar-refractivity contribution in [1.82, 2.24) is 0 Å². The predicted octanol–water partition coefficient (Wildman–Crippen LogP) is 1.24. The van der Waals surface area contributed by atoms with Gasteiger partial charge in [-0.2, -0.15) is 0 Å². The van der Waals surface area contributed by atoms with Crippen LogP contribution < -0.4 is 11.5 Å². The molecule has 0 spiro atoms. The minimum Gasteiger partial charge on any atom is -0.405 e. The Kier molecular flexibility index (Phi) is 6.38. The van der Waals surface area contributed by atoms with Crippen molar-refractivity contribution in [1.29, 1.82) is 5.41 Å². The highest BCUT2D eigenvalue weighted by molar-refractivity contribution is 5.55. The summed E-state index contributed by atoms with van der Waals surface area (Å²) < 4.78 is 0. The minimum atomic E-state index is 0.377. The van der Waals surface area contributed by atoms with Crippen molar-refractivity contribution in [2.75, 3.05) is 6.54 Å². The Bertz CT molecular complexity index is 152. The second kappa shape index (κ2) is 6.85. The Morgan fingerprint density at radius 2 is 2.25 bits per heavy atom. The van der Waals surface area contributed by atoms with Gasteiger partial charge >= 0.3 is 0 Å². The summed E-state index contributed by atoms with van der Waals surface area (Å²) in [6, 6.07) is 0. The van der Waals surface area contributed by atoms with Crippen molar-refractivity contribution in [3.05, 3.63) is 11.8 Å². The van der Waals surface area contributed by atoms with E-state index in [1.807, 2.05) is 6.92 Å². The summed E-state index contributed by atoms with van der Waals surface area (Å²) in [5.74, 6) is 0.377. The van der Waals surface area contributed by atoms with Crippen molar-refractivity contribution < 1.29 is 0 Å². The van der Waals surface area contributed by atoms with Crippen LogP contribution in [0.3, 0.4) is 0 Å². The smallest absolute Gasteiger partial charge is 0.0154 e. The van der Waals surface area contributed by atoms with Gasteiger partial charge in [-0.15, -0.1) is 0 Å². The van der Waals surface area contributed by atoms with E-state index in [2.05, 4.69) is 0 Å². The van der Waals surface area contributed by atoms with Crippen LogP contribution in [0.5, 0.6) is 0 Å². The van der Waals surface area contributed by atoms with E-state index in [-0.39, 0.29) is 0 Å². The van der Waals surface area contributed by atoms with E-state index in [4.69, 9.17) is 16.9 Å². The molecule has 0 radical (unpaired) electrons. The zero-order valence-corrected chi connectivity index (χ0v) is 7.72. The monoisotopic (exact) mass is 169 g/mol. The van der Waals surface area contributed by atoms with E-state index < -0.39 is 0 Å². The third kappa shape index (κ3) is 4.91. The minimum absolute atomic E-state index is 0.377. The third-order valence-corrected chi connectivity index (χ3v) is 1.94. The topological polar surface area (TPSA) is 75.9 Å².